The number of thiophene rings is 3. The molecule has 6 atom stereocenters. The summed E-state index contributed by atoms with van der Waals surface area (Å²) in [6.07, 6.45) is -46.0. The predicted molar refractivity (Wildman–Crippen MR) is 388 cm³/mol. The molecule has 9 aromatic rings. The van der Waals surface area contributed by atoms with E-state index in [9.17, 15) is 129 Å². The number of nitrogens with one attached hydrogen (secondary N) is 1. The van der Waals surface area contributed by atoms with Crippen LogP contribution in [-0.2, 0) is 94.8 Å². The number of ether oxygens (including phenoxy) is 4. The molecular formula is C72H57F27N3O15S6Yb. The van der Waals surface area contributed by atoms with Gasteiger partial charge >= 0.3 is 104 Å². The molecule has 1 radical (unpaired) electrons. The molecule has 689 valence electrons. The molecule has 4 aliphatic rings. The van der Waals surface area contributed by atoms with E-state index in [1.807, 2.05) is 65.4 Å². The summed E-state index contributed by atoms with van der Waals surface area (Å²) in [6.45, 7) is -1.46. The number of hydrogen-bond acceptors (Lipinski definition) is 24. The number of halogens is 27. The van der Waals surface area contributed by atoms with Crippen LogP contribution in [0.15, 0.2) is 180 Å². The molecule has 1 saturated heterocycles. The van der Waals surface area contributed by atoms with Crippen molar-refractivity contribution in [3.63, 3.8) is 0 Å². The zero-order valence-corrected chi connectivity index (χ0v) is 67.8. The summed E-state index contributed by atoms with van der Waals surface area (Å²) in [5.74, 6) is -0.962. The van der Waals surface area contributed by atoms with Gasteiger partial charge in [-0.05, 0) is 178 Å². The molecule has 4 aliphatic heterocycles. The predicted octanol–water partition coefficient (Wildman–Crippen LogP) is 23.1. The van der Waals surface area contributed by atoms with Crippen molar-refractivity contribution in [3.05, 3.63) is 211 Å². The summed E-state index contributed by atoms with van der Waals surface area (Å²) in [5.41, 5.74) is 8.41. The second kappa shape index (κ2) is 44.9. The van der Waals surface area contributed by atoms with Crippen molar-refractivity contribution in [2.24, 2.45) is 0 Å². The van der Waals surface area contributed by atoms with Crippen LogP contribution >= 0.6 is 34.0 Å². The summed E-state index contributed by atoms with van der Waals surface area (Å²) in [4.78, 5) is 6.13. The third-order valence-corrected chi connectivity index (χ3v) is 20.6. The first-order chi connectivity index (χ1) is 56.9. The third kappa shape index (κ3) is 35.6. The van der Waals surface area contributed by atoms with Gasteiger partial charge in [0, 0.05) is 31.7 Å². The average Bonchev–Trinajstić information content (AvgIpc) is 1.09. The van der Waals surface area contributed by atoms with Gasteiger partial charge in [0.1, 0.15) is 17.2 Å². The number of hydrogen-bond donors (Lipinski definition) is 3. The van der Waals surface area contributed by atoms with Crippen molar-refractivity contribution in [2.45, 2.75) is 132 Å². The quantitative estimate of drug-likeness (QED) is 0.0464. The fourth-order valence-electron chi connectivity index (χ4n) is 12.1. The van der Waals surface area contributed by atoms with E-state index in [1.54, 1.807) is 75.7 Å². The maximum absolute atomic E-state index is 13.2. The summed E-state index contributed by atoms with van der Waals surface area (Å²) < 4.78 is 400. The van der Waals surface area contributed by atoms with Crippen LogP contribution in [0.3, 0.4) is 0 Å². The molecule has 124 heavy (non-hydrogen) atoms. The van der Waals surface area contributed by atoms with E-state index in [-0.39, 0.29) is 88.9 Å². The van der Waals surface area contributed by atoms with E-state index in [4.69, 9.17) is 25.3 Å². The Bertz CT molecular complexity index is 4820. The first-order valence-electron chi connectivity index (χ1n) is 34.0. The van der Waals surface area contributed by atoms with Gasteiger partial charge in [-0.15, -0.1) is 113 Å². The fourth-order valence-corrected chi connectivity index (χ4v) is 15.1. The standard InChI is InChI=1S/2C23H19F6NO2S.C20H16F3NOS.C3H3F3O.3CF3O3S.Yb/c2*24-22(25,26)21(31)13-30-18-7-2-6-16(14-4-1-5-15(12-14)32-23(27,28)29)17(18)9-10-19(30)20-8-3-11-33-20;21-20(22,23)25-14-5-1-4-13(12-14)15-6-2-7-17-16(15)9-10-18(24-17)19-8-3-11-26-19;4-3(5,6)2-1-7-2;3*2-1(3,4)7-8(5)6;/h2*1-8,11-12,19,21,31H,9-10,13H2;1-8,11-12,18,24H,9-10H2;2H,1H2;;;;/q;;;;3*-1;+3. The minimum atomic E-state index is -5.09. The molecule has 13 rings (SSSR count). The number of aliphatic hydroxyl groups excluding tert-OH is 2. The summed E-state index contributed by atoms with van der Waals surface area (Å²) in [7, 11) is -10.5. The molecule has 0 bridgehead atoms. The van der Waals surface area contributed by atoms with E-state index in [1.165, 1.54) is 76.1 Å². The minimum Gasteiger partial charge on any atom is -0.406 e. The topological polar surface area (TPSA) is 229 Å². The Morgan fingerprint density at radius 3 is 0.968 bits per heavy atom. The SMILES string of the molecule is FC(F)(F)C1CO1.FC(F)(F)Oc1cccc(-c2cccc3c2CCC(c2cccs2)N3)c1.O=[S-](=O)OC(F)(F)F.O=[S-](=O)OC(F)(F)F.O=[S-](=O)OC(F)(F)F.OC(CN1c2cccc(-c3cccc(OC(F)(F)F)c3)c2CCC1c1cccs1)C(F)(F)F.OC(CN1c2cccc(-c3cccc(OC(F)(F)F)c3)c2CCC1c1cccs1)C(F)(F)F.[Yb+3]. The Morgan fingerprint density at radius 2 is 0.702 bits per heavy atom. The number of epoxide rings is 1. The van der Waals surface area contributed by atoms with Crippen LogP contribution in [-0.4, -0.2) is 105 Å². The molecule has 3 aromatic heterocycles. The molecular weight excluding hydrogens is 2030 g/mol. The maximum atomic E-state index is 13.2. The molecule has 0 aliphatic carbocycles. The first kappa shape index (κ1) is 105. The number of benzene rings is 6. The molecule has 7 heterocycles. The first-order valence-corrected chi connectivity index (χ1v) is 39.6. The Labute approximate surface area is 739 Å². The van der Waals surface area contributed by atoms with Crippen LogP contribution < -0.4 is 29.3 Å². The van der Waals surface area contributed by atoms with Gasteiger partial charge in [0.15, 0.2) is 18.3 Å². The second-order valence-corrected chi connectivity index (χ2v) is 29.7. The van der Waals surface area contributed by atoms with Gasteiger partial charge in [0.05, 0.1) is 70.8 Å². The van der Waals surface area contributed by atoms with E-state index in [0.717, 1.165) is 45.0 Å². The molecule has 0 saturated carbocycles. The zero-order valence-electron chi connectivity index (χ0n) is 61.2. The number of nitrogens with zero attached hydrogens (tertiary/aromatic N) is 2. The van der Waals surface area contributed by atoms with Crippen molar-refractivity contribution in [1.82, 2.24) is 0 Å². The van der Waals surface area contributed by atoms with Crippen LogP contribution in [0.4, 0.5) is 136 Å². The summed E-state index contributed by atoms with van der Waals surface area (Å²) in [5, 5.41) is 29.0. The number of anilines is 3. The fraction of sp³-hybridized carbons (Fsp3) is 0.333. The second-order valence-electron chi connectivity index (χ2n) is 25.0. The number of fused-ring (bicyclic) bond motifs is 3. The van der Waals surface area contributed by atoms with E-state index in [2.05, 4.69) is 48.3 Å². The van der Waals surface area contributed by atoms with Crippen molar-refractivity contribution in [2.75, 3.05) is 34.8 Å². The monoisotopic (exact) mass is 2080 g/mol. The molecule has 3 N–H and O–H groups in total. The van der Waals surface area contributed by atoms with Crippen LogP contribution in [0.2, 0.25) is 0 Å². The van der Waals surface area contributed by atoms with E-state index >= 15 is 0 Å². The van der Waals surface area contributed by atoms with Crippen molar-refractivity contribution < 1.29 is 232 Å². The molecule has 0 spiro atoms. The van der Waals surface area contributed by atoms with Crippen molar-refractivity contribution in [3.8, 4) is 50.6 Å². The van der Waals surface area contributed by atoms with Crippen LogP contribution in [0.25, 0.3) is 33.4 Å². The number of β-amino-alcohol motifs (C(OH)–C–C–N with tert-alkyl or cyclic N) is 2. The van der Waals surface area contributed by atoms with Crippen LogP contribution in [0.5, 0.6) is 17.2 Å². The smallest absolute Gasteiger partial charge is 0.406 e. The van der Waals surface area contributed by atoms with Gasteiger partial charge in [-0.1, -0.05) is 91.0 Å². The van der Waals surface area contributed by atoms with Crippen LogP contribution in [0.1, 0.15) is 68.7 Å². The Hall–Kier alpha value is -7.54. The molecule has 6 unspecified atom stereocenters. The summed E-state index contributed by atoms with van der Waals surface area (Å²) >= 11 is 4.57. The molecule has 0 amide bonds. The molecule has 6 aromatic carbocycles. The number of alkyl halides is 27. The minimum absolute atomic E-state index is 0. The normalized spacial score (nSPS) is 17.0. The molecule has 52 heteroatoms. The molecule has 18 nitrogen and oxygen atoms in total. The van der Waals surface area contributed by atoms with Gasteiger partial charge in [0.2, 0.25) is 0 Å². The van der Waals surface area contributed by atoms with Gasteiger partial charge < -0.3 is 82.1 Å². The Kier molecular flexibility index (Phi) is 38.1. The molecule has 1 fully saturated rings. The Morgan fingerprint density at radius 1 is 0.395 bits per heavy atom. The zero-order chi connectivity index (χ0) is 91.6. The van der Waals surface area contributed by atoms with Gasteiger partial charge in [-0.25, -0.2) is 0 Å². The average molecular weight is 2080 g/mol. The Balaban J connectivity index is 0.000000245. The van der Waals surface area contributed by atoms with Gasteiger partial charge in [-0.2, -0.15) is 39.5 Å². The number of aliphatic hydroxyl groups is 2. The maximum Gasteiger partial charge on any atom is 3.00 e. The van der Waals surface area contributed by atoms with E-state index < -0.39 is 121 Å². The third-order valence-electron chi connectivity index (χ3n) is 16.6. The van der Waals surface area contributed by atoms with Crippen LogP contribution in [0, 0.1) is 46.9 Å². The largest absolute Gasteiger partial charge is 3.00 e. The number of rotatable bonds is 16. The van der Waals surface area contributed by atoms with Crippen molar-refractivity contribution in [1.29, 1.82) is 0 Å². The van der Waals surface area contributed by atoms with Crippen molar-refractivity contribution >= 4 is 84.0 Å². The van der Waals surface area contributed by atoms with E-state index in [0.29, 0.717) is 70.4 Å². The summed E-state index contributed by atoms with van der Waals surface area (Å²) in [6, 6.07) is 44.2. The van der Waals surface area contributed by atoms with Gasteiger partial charge in [0.25, 0.3) is 0 Å². The van der Waals surface area contributed by atoms with Gasteiger partial charge in [-0.3, -0.25) is 0 Å².